The van der Waals surface area contributed by atoms with Gasteiger partial charge in [-0.3, -0.25) is 4.79 Å². The third kappa shape index (κ3) is 5.62. The standard InChI is InChI=1S/C26H17IN2O4S/c27-22-9-11-23(12-10-22)29-26(30)21(17-28)14-18-4-3-7-24(15-18)33-34(31,32)25-13-8-19-5-1-2-6-20(19)16-25/h1-16H,(H,29,30)/b21-14+. The number of halogens is 1. The summed E-state index contributed by atoms with van der Waals surface area (Å²) in [6.45, 7) is 0. The molecule has 4 aromatic carbocycles. The lowest BCUT2D eigenvalue weighted by atomic mass is 10.1. The van der Waals surface area contributed by atoms with E-state index in [2.05, 4.69) is 27.9 Å². The molecule has 0 aliphatic rings. The summed E-state index contributed by atoms with van der Waals surface area (Å²) < 4.78 is 32.0. The largest absolute Gasteiger partial charge is 0.379 e. The van der Waals surface area contributed by atoms with Crippen LogP contribution in [0, 0.1) is 14.9 Å². The van der Waals surface area contributed by atoms with Crippen LogP contribution in [0.5, 0.6) is 5.75 Å². The molecule has 0 saturated heterocycles. The lowest BCUT2D eigenvalue weighted by Crippen LogP contribution is -2.13. The van der Waals surface area contributed by atoms with E-state index in [0.717, 1.165) is 14.3 Å². The van der Waals surface area contributed by atoms with Crippen molar-refractivity contribution in [2.75, 3.05) is 5.32 Å². The van der Waals surface area contributed by atoms with Crippen molar-refractivity contribution >= 4 is 61.2 Å². The molecule has 0 atom stereocenters. The molecule has 34 heavy (non-hydrogen) atoms. The van der Waals surface area contributed by atoms with Crippen LogP contribution in [-0.4, -0.2) is 14.3 Å². The highest BCUT2D eigenvalue weighted by Crippen LogP contribution is 2.24. The number of carbonyl (C=O) groups is 1. The number of hydrogen-bond acceptors (Lipinski definition) is 5. The molecule has 4 rings (SSSR count). The first kappa shape index (κ1) is 23.5. The summed E-state index contributed by atoms with van der Waals surface area (Å²) in [7, 11) is -4.08. The van der Waals surface area contributed by atoms with E-state index in [1.165, 1.54) is 24.3 Å². The molecule has 0 spiro atoms. The zero-order valence-corrected chi connectivity index (χ0v) is 20.6. The number of hydrogen-bond donors (Lipinski definition) is 1. The van der Waals surface area contributed by atoms with Crippen LogP contribution in [0.15, 0.2) is 101 Å². The van der Waals surface area contributed by atoms with E-state index in [0.29, 0.717) is 11.3 Å². The monoisotopic (exact) mass is 580 g/mol. The van der Waals surface area contributed by atoms with Crippen LogP contribution in [0.4, 0.5) is 5.69 Å². The van der Waals surface area contributed by atoms with Crippen molar-refractivity contribution in [1.82, 2.24) is 0 Å². The second-order valence-corrected chi connectivity index (χ2v) is 10.0. The Labute approximate surface area is 210 Å². The summed E-state index contributed by atoms with van der Waals surface area (Å²) in [6, 6.07) is 27.4. The van der Waals surface area contributed by atoms with Gasteiger partial charge in [0.25, 0.3) is 5.91 Å². The lowest BCUT2D eigenvalue weighted by molar-refractivity contribution is -0.112. The van der Waals surface area contributed by atoms with Gasteiger partial charge in [-0.1, -0.05) is 42.5 Å². The van der Waals surface area contributed by atoms with Gasteiger partial charge in [-0.2, -0.15) is 13.7 Å². The quantitative estimate of drug-likeness (QED) is 0.136. The average Bonchev–Trinajstić information content (AvgIpc) is 2.83. The van der Waals surface area contributed by atoms with Crippen LogP contribution in [0.1, 0.15) is 5.56 Å². The number of nitriles is 1. The van der Waals surface area contributed by atoms with Gasteiger partial charge in [0.2, 0.25) is 0 Å². The molecule has 0 saturated carbocycles. The predicted octanol–water partition coefficient (Wildman–Crippen LogP) is 5.76. The second kappa shape index (κ2) is 10.1. The van der Waals surface area contributed by atoms with Gasteiger partial charge >= 0.3 is 10.1 Å². The normalized spacial score (nSPS) is 11.6. The molecule has 0 aliphatic heterocycles. The van der Waals surface area contributed by atoms with Crippen LogP contribution in [0.3, 0.4) is 0 Å². The summed E-state index contributed by atoms with van der Waals surface area (Å²) in [6.07, 6.45) is 1.37. The van der Waals surface area contributed by atoms with E-state index in [1.807, 2.05) is 42.5 Å². The minimum atomic E-state index is -4.08. The Morgan fingerprint density at radius 3 is 2.38 bits per heavy atom. The number of nitrogens with zero attached hydrogens (tertiary/aromatic N) is 1. The number of carbonyl (C=O) groups excluding carboxylic acids is 1. The van der Waals surface area contributed by atoms with Crippen LogP contribution in [0.25, 0.3) is 16.8 Å². The van der Waals surface area contributed by atoms with Gasteiger partial charge in [0.05, 0.1) is 0 Å². The van der Waals surface area contributed by atoms with Crippen molar-refractivity contribution in [3.8, 4) is 11.8 Å². The first-order chi connectivity index (χ1) is 16.3. The van der Waals surface area contributed by atoms with Crippen molar-refractivity contribution in [3.63, 3.8) is 0 Å². The maximum absolute atomic E-state index is 12.8. The number of anilines is 1. The van der Waals surface area contributed by atoms with E-state index in [-0.39, 0.29) is 16.2 Å². The molecule has 0 bridgehead atoms. The molecule has 0 heterocycles. The van der Waals surface area contributed by atoms with Gasteiger partial charge in [0.1, 0.15) is 22.3 Å². The number of nitrogens with one attached hydrogen (secondary N) is 1. The van der Waals surface area contributed by atoms with Crippen LogP contribution < -0.4 is 9.50 Å². The fraction of sp³-hybridized carbons (Fsp3) is 0. The minimum Gasteiger partial charge on any atom is -0.379 e. The first-order valence-electron chi connectivity index (χ1n) is 10.1. The predicted molar refractivity (Wildman–Crippen MR) is 140 cm³/mol. The summed E-state index contributed by atoms with van der Waals surface area (Å²) >= 11 is 2.15. The zero-order valence-electron chi connectivity index (χ0n) is 17.6. The fourth-order valence-electron chi connectivity index (χ4n) is 3.20. The summed E-state index contributed by atoms with van der Waals surface area (Å²) in [5, 5.41) is 13.8. The number of benzene rings is 4. The van der Waals surface area contributed by atoms with Crippen LogP contribution in [-0.2, 0) is 14.9 Å². The van der Waals surface area contributed by atoms with Gasteiger partial charge in [-0.05, 0) is 93.5 Å². The van der Waals surface area contributed by atoms with Gasteiger partial charge < -0.3 is 9.50 Å². The Balaban J connectivity index is 1.55. The number of amides is 1. The molecule has 168 valence electrons. The molecule has 0 aromatic heterocycles. The van der Waals surface area contributed by atoms with Gasteiger partial charge in [-0.25, -0.2) is 0 Å². The summed E-state index contributed by atoms with van der Waals surface area (Å²) in [5.74, 6) is -0.504. The van der Waals surface area contributed by atoms with Crippen LogP contribution >= 0.6 is 22.6 Å². The van der Waals surface area contributed by atoms with Crippen molar-refractivity contribution in [2.45, 2.75) is 4.90 Å². The van der Waals surface area contributed by atoms with E-state index in [9.17, 15) is 18.5 Å². The van der Waals surface area contributed by atoms with Crippen molar-refractivity contribution < 1.29 is 17.4 Å². The Kier molecular flexibility index (Phi) is 6.95. The van der Waals surface area contributed by atoms with Crippen LogP contribution in [0.2, 0.25) is 0 Å². The Bertz CT molecular complexity index is 1560. The minimum absolute atomic E-state index is 0.0294. The molecule has 8 heteroatoms. The van der Waals surface area contributed by atoms with E-state index in [4.69, 9.17) is 4.18 Å². The third-order valence-electron chi connectivity index (χ3n) is 4.85. The molecule has 1 amide bonds. The third-order valence-corrected chi connectivity index (χ3v) is 6.81. The highest BCUT2D eigenvalue weighted by atomic mass is 127. The van der Waals surface area contributed by atoms with Crippen molar-refractivity contribution in [3.05, 3.63) is 106 Å². The topological polar surface area (TPSA) is 96.3 Å². The zero-order chi connectivity index (χ0) is 24.1. The van der Waals surface area contributed by atoms with E-state index < -0.39 is 16.0 Å². The second-order valence-electron chi connectivity index (χ2n) is 7.25. The molecular formula is C26H17IN2O4S. The smallest absolute Gasteiger partial charge is 0.339 e. The SMILES string of the molecule is N#C/C(=C\c1cccc(OS(=O)(=O)c2ccc3ccccc3c2)c1)C(=O)Nc1ccc(I)cc1. The molecule has 0 aliphatic carbocycles. The maximum Gasteiger partial charge on any atom is 0.339 e. The Morgan fingerprint density at radius 1 is 0.912 bits per heavy atom. The van der Waals surface area contributed by atoms with E-state index >= 15 is 0 Å². The molecule has 1 N–H and O–H groups in total. The molecule has 0 radical (unpaired) electrons. The van der Waals surface area contributed by atoms with Gasteiger partial charge in [0.15, 0.2) is 0 Å². The highest BCUT2D eigenvalue weighted by Gasteiger charge is 2.17. The van der Waals surface area contributed by atoms with Crippen molar-refractivity contribution in [2.24, 2.45) is 0 Å². The molecular weight excluding hydrogens is 563 g/mol. The molecule has 0 fully saturated rings. The molecule has 4 aromatic rings. The molecule has 6 nitrogen and oxygen atoms in total. The first-order valence-corrected chi connectivity index (χ1v) is 12.5. The van der Waals surface area contributed by atoms with E-state index in [1.54, 1.807) is 36.4 Å². The Hall–Kier alpha value is -3.68. The summed E-state index contributed by atoms with van der Waals surface area (Å²) in [4.78, 5) is 12.5. The van der Waals surface area contributed by atoms with Gasteiger partial charge in [-0.15, -0.1) is 0 Å². The average molecular weight is 580 g/mol. The Morgan fingerprint density at radius 2 is 1.65 bits per heavy atom. The number of fused-ring (bicyclic) bond motifs is 1. The lowest BCUT2D eigenvalue weighted by Gasteiger charge is -2.09. The molecule has 0 unspecified atom stereocenters. The van der Waals surface area contributed by atoms with Gasteiger partial charge in [0, 0.05) is 9.26 Å². The summed E-state index contributed by atoms with van der Waals surface area (Å²) in [5.41, 5.74) is 0.874. The van der Waals surface area contributed by atoms with Crippen molar-refractivity contribution in [1.29, 1.82) is 5.26 Å². The fourth-order valence-corrected chi connectivity index (χ4v) is 4.52. The maximum atomic E-state index is 12.8. The number of rotatable bonds is 6. The highest BCUT2D eigenvalue weighted by molar-refractivity contribution is 14.1.